The average Bonchev–Trinajstić information content (AvgIpc) is 3.02. The topological polar surface area (TPSA) is 65.0 Å². The van der Waals surface area contributed by atoms with Crippen LogP contribution in [0.15, 0.2) is 30.1 Å². The van der Waals surface area contributed by atoms with Gasteiger partial charge in [0.15, 0.2) is 0 Å². The number of ether oxygens (including phenoxy) is 1. The third-order valence-electron chi connectivity index (χ3n) is 4.42. The van der Waals surface area contributed by atoms with Crippen molar-refractivity contribution in [3.05, 3.63) is 41.2 Å². The Morgan fingerprint density at radius 1 is 1.27 bits per heavy atom. The summed E-state index contributed by atoms with van der Waals surface area (Å²) in [6.07, 6.45) is 6.24. The fourth-order valence-corrected chi connectivity index (χ4v) is 2.99. The van der Waals surface area contributed by atoms with E-state index in [1.165, 1.54) is 0 Å². The third-order valence-corrected chi connectivity index (χ3v) is 4.42. The predicted octanol–water partition coefficient (Wildman–Crippen LogP) is 3.40. The number of unbranched alkanes of at least 4 members (excludes halogenated alkanes) is 1. The number of hydrogen-bond acceptors (Lipinski definition) is 6. The number of esters is 1. The Morgan fingerprint density at radius 3 is 2.77 bits per heavy atom. The summed E-state index contributed by atoms with van der Waals surface area (Å²) in [7, 11) is 0. The Bertz CT molecular complexity index is 631. The van der Waals surface area contributed by atoms with Crippen LogP contribution in [0.2, 0.25) is 0 Å². The Morgan fingerprint density at radius 2 is 2.08 bits per heavy atom. The van der Waals surface area contributed by atoms with Gasteiger partial charge >= 0.3 is 5.97 Å². The van der Waals surface area contributed by atoms with Gasteiger partial charge in [0.2, 0.25) is 0 Å². The van der Waals surface area contributed by atoms with Gasteiger partial charge in [-0.1, -0.05) is 13.0 Å². The zero-order valence-corrected chi connectivity index (χ0v) is 16.1. The Labute approximate surface area is 156 Å². The number of hydrogen-bond donors (Lipinski definition) is 2. The number of aliphatic hydroxyl groups excluding tert-OH is 1. The number of hydrazine groups is 2. The highest BCUT2D eigenvalue weighted by molar-refractivity contribution is 5.69. The van der Waals surface area contributed by atoms with Crippen LogP contribution in [0.1, 0.15) is 57.1 Å². The normalized spacial score (nSPS) is 13.9. The largest absolute Gasteiger partial charge is 0.466 e. The van der Waals surface area contributed by atoms with E-state index in [4.69, 9.17) is 4.74 Å². The summed E-state index contributed by atoms with van der Waals surface area (Å²) in [5, 5.41) is 13.7. The van der Waals surface area contributed by atoms with Crippen molar-refractivity contribution in [2.45, 2.75) is 59.5 Å². The van der Waals surface area contributed by atoms with Crippen LogP contribution >= 0.6 is 0 Å². The predicted molar refractivity (Wildman–Crippen MR) is 103 cm³/mol. The minimum Gasteiger partial charge on any atom is -0.466 e. The molecular weight excluding hydrogens is 330 g/mol. The Hall–Kier alpha value is -2.05. The van der Waals surface area contributed by atoms with E-state index in [0.29, 0.717) is 13.0 Å². The SMILES string of the molecule is CCCN1C=C(CCCCC(=O)OCC)N(c2ccc(C)c(CO)c2)N1. The monoisotopic (exact) mass is 361 g/mol. The number of carbonyl (C=O) groups excluding carboxylic acids is 1. The van der Waals surface area contributed by atoms with Crippen LogP contribution in [0.4, 0.5) is 5.69 Å². The summed E-state index contributed by atoms with van der Waals surface area (Å²) in [5.41, 5.74) is 7.59. The zero-order valence-electron chi connectivity index (χ0n) is 16.1. The van der Waals surface area contributed by atoms with Gasteiger partial charge in [0, 0.05) is 19.2 Å². The van der Waals surface area contributed by atoms with Crippen molar-refractivity contribution in [2.24, 2.45) is 0 Å². The van der Waals surface area contributed by atoms with Gasteiger partial charge < -0.3 is 9.84 Å². The molecule has 1 aromatic rings. The number of rotatable bonds is 10. The summed E-state index contributed by atoms with van der Waals surface area (Å²) >= 11 is 0. The van der Waals surface area contributed by atoms with E-state index in [9.17, 15) is 9.90 Å². The summed E-state index contributed by atoms with van der Waals surface area (Å²) in [6.45, 7) is 7.37. The second-order valence-corrected chi connectivity index (χ2v) is 6.53. The molecule has 6 nitrogen and oxygen atoms in total. The van der Waals surface area contributed by atoms with Crippen molar-refractivity contribution in [1.82, 2.24) is 10.5 Å². The van der Waals surface area contributed by atoms with E-state index >= 15 is 0 Å². The van der Waals surface area contributed by atoms with E-state index in [2.05, 4.69) is 34.7 Å². The number of nitrogens with one attached hydrogen (secondary N) is 1. The van der Waals surface area contributed by atoms with Crippen LogP contribution in [0.3, 0.4) is 0 Å². The lowest BCUT2D eigenvalue weighted by Crippen LogP contribution is -2.41. The van der Waals surface area contributed by atoms with Gasteiger partial charge in [-0.25, -0.2) is 0 Å². The molecular formula is C20H31N3O3. The zero-order chi connectivity index (χ0) is 18.9. The molecule has 2 rings (SSSR count). The highest BCUT2D eigenvalue weighted by Gasteiger charge is 2.22. The summed E-state index contributed by atoms with van der Waals surface area (Å²) in [4.78, 5) is 11.5. The van der Waals surface area contributed by atoms with E-state index in [0.717, 1.165) is 54.7 Å². The molecule has 0 bridgehead atoms. The molecule has 0 saturated heterocycles. The maximum Gasteiger partial charge on any atom is 0.305 e. The molecule has 6 heteroatoms. The lowest BCUT2D eigenvalue weighted by molar-refractivity contribution is -0.143. The van der Waals surface area contributed by atoms with Crippen LogP contribution in [0, 0.1) is 6.92 Å². The molecule has 1 aliphatic heterocycles. The highest BCUT2D eigenvalue weighted by Crippen LogP contribution is 2.27. The second kappa shape index (κ2) is 10.2. The summed E-state index contributed by atoms with van der Waals surface area (Å²) in [6, 6.07) is 6.11. The molecule has 0 aliphatic carbocycles. The Kier molecular flexibility index (Phi) is 7.94. The summed E-state index contributed by atoms with van der Waals surface area (Å²) < 4.78 is 4.98. The van der Waals surface area contributed by atoms with Crippen LogP contribution in [0.5, 0.6) is 0 Å². The Balaban J connectivity index is 2.02. The first kappa shape index (κ1) is 20.3. The number of nitrogens with zero attached hydrogens (tertiary/aromatic N) is 2. The van der Waals surface area contributed by atoms with E-state index in [-0.39, 0.29) is 12.6 Å². The third kappa shape index (κ3) is 5.47. The van der Waals surface area contributed by atoms with Gasteiger partial charge in [-0.15, -0.1) is 5.53 Å². The maximum absolute atomic E-state index is 11.5. The van der Waals surface area contributed by atoms with Crippen LogP contribution < -0.4 is 10.5 Å². The summed E-state index contributed by atoms with van der Waals surface area (Å²) in [5.74, 6) is -0.124. The smallest absolute Gasteiger partial charge is 0.305 e. The molecule has 0 radical (unpaired) electrons. The number of aliphatic hydroxyl groups is 1. The number of anilines is 1. The molecule has 144 valence electrons. The first-order chi connectivity index (χ1) is 12.6. The maximum atomic E-state index is 11.5. The first-order valence-corrected chi connectivity index (χ1v) is 9.48. The average molecular weight is 361 g/mol. The lowest BCUT2D eigenvalue weighted by atomic mass is 10.1. The number of benzene rings is 1. The van der Waals surface area contributed by atoms with Gasteiger partial charge in [-0.2, -0.15) is 0 Å². The molecule has 26 heavy (non-hydrogen) atoms. The highest BCUT2D eigenvalue weighted by atomic mass is 16.5. The molecule has 0 unspecified atom stereocenters. The van der Waals surface area contributed by atoms with Crippen LogP contribution in [-0.4, -0.2) is 29.2 Å². The molecule has 0 fully saturated rings. The van der Waals surface area contributed by atoms with Gasteiger partial charge in [0.1, 0.15) is 0 Å². The van der Waals surface area contributed by atoms with Gasteiger partial charge in [0.05, 0.1) is 24.6 Å². The molecule has 1 aromatic carbocycles. The van der Waals surface area contributed by atoms with Crippen molar-refractivity contribution in [2.75, 3.05) is 18.2 Å². The van der Waals surface area contributed by atoms with Gasteiger partial charge in [0.25, 0.3) is 0 Å². The van der Waals surface area contributed by atoms with Crippen molar-refractivity contribution in [3.8, 4) is 0 Å². The van der Waals surface area contributed by atoms with Gasteiger partial charge in [-0.3, -0.25) is 14.8 Å². The van der Waals surface area contributed by atoms with Crippen molar-refractivity contribution < 1.29 is 14.6 Å². The molecule has 0 saturated carbocycles. The van der Waals surface area contributed by atoms with E-state index in [1.807, 2.05) is 26.0 Å². The van der Waals surface area contributed by atoms with Crippen molar-refractivity contribution in [1.29, 1.82) is 0 Å². The quantitative estimate of drug-likeness (QED) is 0.492. The molecule has 0 atom stereocenters. The molecule has 1 aliphatic rings. The first-order valence-electron chi connectivity index (χ1n) is 9.48. The standard InChI is InChI=1S/C20H31N3O3/c1-4-12-22-14-19(8-6-7-9-20(25)26-5-2)23(21-22)18-11-10-16(3)17(13-18)15-24/h10-11,13-14,21,24H,4-9,12,15H2,1-3H3. The second-order valence-electron chi connectivity index (χ2n) is 6.53. The number of aryl methyl sites for hydroxylation is 1. The number of carbonyl (C=O) groups is 1. The molecule has 0 amide bonds. The minimum atomic E-state index is -0.124. The van der Waals surface area contributed by atoms with Gasteiger partial charge in [-0.05, 0) is 62.8 Å². The van der Waals surface area contributed by atoms with E-state index < -0.39 is 0 Å². The fraction of sp³-hybridized carbons (Fsp3) is 0.550. The molecule has 2 N–H and O–H groups in total. The fourth-order valence-electron chi connectivity index (χ4n) is 2.99. The molecule has 0 spiro atoms. The van der Waals surface area contributed by atoms with Crippen molar-refractivity contribution in [3.63, 3.8) is 0 Å². The molecule has 0 aromatic heterocycles. The minimum absolute atomic E-state index is 0.0325. The molecule has 1 heterocycles. The van der Waals surface area contributed by atoms with Crippen LogP contribution in [-0.2, 0) is 16.1 Å². The lowest BCUT2D eigenvalue weighted by Gasteiger charge is -2.25. The van der Waals surface area contributed by atoms with Crippen molar-refractivity contribution >= 4 is 11.7 Å². The number of allylic oxidation sites excluding steroid dienone is 1. The van der Waals surface area contributed by atoms with Crippen LogP contribution in [0.25, 0.3) is 0 Å². The van der Waals surface area contributed by atoms with E-state index in [1.54, 1.807) is 0 Å².